The fraction of sp³-hybridized carbons (Fsp3) is 0.520. The fourth-order valence-electron chi connectivity index (χ4n) is 4.80. The highest BCUT2D eigenvalue weighted by molar-refractivity contribution is 6.99. The lowest BCUT2D eigenvalue weighted by atomic mass is 9.99. The lowest BCUT2D eigenvalue weighted by Crippen LogP contribution is -2.68. The van der Waals surface area contributed by atoms with Crippen molar-refractivity contribution in [2.45, 2.75) is 56.5 Å². The molecule has 1 saturated heterocycles. The van der Waals surface area contributed by atoms with E-state index in [0.717, 1.165) is 0 Å². The number of hydrogen-bond acceptors (Lipinski definition) is 6. The molecule has 1 fully saturated rings. The van der Waals surface area contributed by atoms with Crippen molar-refractivity contribution in [1.29, 1.82) is 0 Å². The third kappa shape index (κ3) is 4.70. The van der Waals surface area contributed by atoms with E-state index < -0.39 is 39.0 Å². The summed E-state index contributed by atoms with van der Waals surface area (Å²) in [4.78, 5) is 0. The highest BCUT2D eigenvalue weighted by Gasteiger charge is 2.52. The van der Waals surface area contributed by atoms with Gasteiger partial charge >= 0.3 is 0 Å². The van der Waals surface area contributed by atoms with Crippen LogP contribution in [-0.2, 0) is 23.4 Å². The van der Waals surface area contributed by atoms with Gasteiger partial charge < -0.3 is 28.5 Å². The Bertz CT molecular complexity index is 786. The van der Waals surface area contributed by atoms with Crippen LogP contribution < -0.4 is 10.4 Å². The number of aliphatic hydroxyl groups is 1. The molecule has 3 rings (SSSR count). The summed E-state index contributed by atoms with van der Waals surface area (Å²) >= 11 is 0. The van der Waals surface area contributed by atoms with Gasteiger partial charge in [0, 0.05) is 21.3 Å². The largest absolute Gasteiger partial charge is 0.405 e. The van der Waals surface area contributed by atoms with Gasteiger partial charge in [0.25, 0.3) is 8.32 Å². The maximum atomic E-state index is 10.6. The summed E-state index contributed by atoms with van der Waals surface area (Å²) < 4.78 is 29.7. The number of aliphatic hydroxyl groups excluding tert-OH is 1. The molecule has 6 nitrogen and oxygen atoms in total. The lowest BCUT2D eigenvalue weighted by molar-refractivity contribution is -0.298. The van der Waals surface area contributed by atoms with E-state index in [9.17, 15) is 5.11 Å². The summed E-state index contributed by atoms with van der Waals surface area (Å²) in [6.45, 7) is 6.92. The van der Waals surface area contributed by atoms with Gasteiger partial charge in [-0.3, -0.25) is 0 Å². The smallest absolute Gasteiger partial charge is 0.261 e. The Labute approximate surface area is 192 Å². The quantitative estimate of drug-likeness (QED) is 0.610. The third-order valence-corrected chi connectivity index (χ3v) is 11.3. The van der Waals surface area contributed by atoms with Crippen molar-refractivity contribution in [2.24, 2.45) is 0 Å². The maximum absolute atomic E-state index is 10.6. The lowest BCUT2D eigenvalue weighted by Gasteiger charge is -2.46. The molecule has 0 radical (unpaired) electrons. The van der Waals surface area contributed by atoms with E-state index in [1.54, 1.807) is 14.2 Å². The molecule has 5 atom stereocenters. The standard InChI is InChI=1S/C25H36O6Si/c1-25(2,3)32(18-13-9-7-10-14-18,19-15-11-8-12-16-19)30-17-20-21(27-4)22(28-5)23(29-6)24(26)31-20/h7-16,20-24,26H,17H2,1-6H3/t20-,21+,22+,23-,24-/m1/s1. The predicted molar refractivity (Wildman–Crippen MR) is 127 cm³/mol. The van der Waals surface area contributed by atoms with Gasteiger partial charge in [-0.25, -0.2) is 0 Å². The van der Waals surface area contributed by atoms with Crippen molar-refractivity contribution in [3.63, 3.8) is 0 Å². The highest BCUT2D eigenvalue weighted by Crippen LogP contribution is 2.37. The average molecular weight is 461 g/mol. The molecule has 0 bridgehead atoms. The van der Waals surface area contributed by atoms with Crippen LogP contribution in [0.4, 0.5) is 0 Å². The molecule has 1 heterocycles. The summed E-state index contributed by atoms with van der Waals surface area (Å²) in [5.41, 5.74) is 0. The Hall–Kier alpha value is -1.58. The van der Waals surface area contributed by atoms with Gasteiger partial charge in [0.15, 0.2) is 6.29 Å². The van der Waals surface area contributed by atoms with Crippen LogP contribution in [0.1, 0.15) is 20.8 Å². The first-order chi connectivity index (χ1) is 15.3. The van der Waals surface area contributed by atoms with Crippen molar-refractivity contribution in [3.8, 4) is 0 Å². The molecule has 32 heavy (non-hydrogen) atoms. The van der Waals surface area contributed by atoms with Crippen LogP contribution in [0.2, 0.25) is 5.04 Å². The Morgan fingerprint density at radius 2 is 1.25 bits per heavy atom. The van der Waals surface area contributed by atoms with Gasteiger partial charge in [0.2, 0.25) is 0 Å². The monoisotopic (exact) mass is 460 g/mol. The minimum absolute atomic E-state index is 0.165. The van der Waals surface area contributed by atoms with E-state index in [-0.39, 0.29) is 11.6 Å². The zero-order valence-corrected chi connectivity index (χ0v) is 20.9. The molecule has 0 unspecified atom stereocenters. The van der Waals surface area contributed by atoms with Gasteiger partial charge in [0.1, 0.15) is 24.4 Å². The second-order valence-corrected chi connectivity index (χ2v) is 13.4. The van der Waals surface area contributed by atoms with Crippen molar-refractivity contribution in [1.82, 2.24) is 0 Å². The first kappa shape index (κ1) is 25.0. The second-order valence-electron chi connectivity index (χ2n) is 9.14. The van der Waals surface area contributed by atoms with Gasteiger partial charge in [-0.2, -0.15) is 0 Å². The Kier molecular flexibility index (Phi) is 8.27. The van der Waals surface area contributed by atoms with Crippen LogP contribution in [-0.4, -0.2) is 72.1 Å². The van der Waals surface area contributed by atoms with E-state index in [0.29, 0.717) is 0 Å². The Morgan fingerprint density at radius 3 is 1.66 bits per heavy atom. The molecule has 0 saturated carbocycles. The second kappa shape index (κ2) is 10.6. The molecule has 0 amide bonds. The molecule has 1 aliphatic rings. The van der Waals surface area contributed by atoms with Gasteiger partial charge in [0.05, 0.1) is 6.61 Å². The first-order valence-corrected chi connectivity index (χ1v) is 12.9. The summed E-state index contributed by atoms with van der Waals surface area (Å²) in [5, 5.41) is 12.8. The maximum Gasteiger partial charge on any atom is 0.261 e. The summed E-state index contributed by atoms with van der Waals surface area (Å²) in [6, 6.07) is 20.8. The Balaban J connectivity index is 2.01. The van der Waals surface area contributed by atoms with Crippen molar-refractivity contribution >= 4 is 18.7 Å². The Morgan fingerprint density at radius 1 is 0.781 bits per heavy atom. The van der Waals surface area contributed by atoms with Crippen LogP contribution >= 0.6 is 0 Å². The average Bonchev–Trinajstić information content (AvgIpc) is 2.79. The summed E-state index contributed by atoms with van der Waals surface area (Å²) in [7, 11) is 1.97. The molecule has 0 aliphatic carbocycles. The molecule has 0 spiro atoms. The molecule has 7 heteroatoms. The van der Waals surface area contributed by atoms with Crippen LogP contribution in [0.5, 0.6) is 0 Å². The van der Waals surface area contributed by atoms with Crippen LogP contribution in [0.3, 0.4) is 0 Å². The van der Waals surface area contributed by atoms with Crippen molar-refractivity contribution in [2.75, 3.05) is 27.9 Å². The van der Waals surface area contributed by atoms with E-state index in [4.69, 9.17) is 23.4 Å². The number of hydrogen-bond donors (Lipinski definition) is 1. The number of ether oxygens (including phenoxy) is 4. The van der Waals surface area contributed by atoms with Crippen molar-refractivity contribution in [3.05, 3.63) is 60.7 Å². The molecule has 2 aromatic rings. The highest BCUT2D eigenvalue weighted by atomic mass is 28.4. The zero-order valence-electron chi connectivity index (χ0n) is 19.9. The molecule has 0 aromatic heterocycles. The molecule has 2 aromatic carbocycles. The minimum Gasteiger partial charge on any atom is -0.405 e. The van der Waals surface area contributed by atoms with E-state index in [1.807, 2.05) is 12.1 Å². The SMILES string of the molecule is CO[C@@H]1[C@@H](OC)[C@H](O)O[C@H](CO[Si](c2ccccc2)(c2ccccc2)C(C)(C)C)[C@@H]1OC. The van der Waals surface area contributed by atoms with Crippen LogP contribution in [0.25, 0.3) is 0 Å². The van der Waals surface area contributed by atoms with Crippen LogP contribution in [0, 0.1) is 0 Å². The first-order valence-electron chi connectivity index (χ1n) is 11.0. The number of rotatable bonds is 8. The predicted octanol–water partition coefficient (Wildman–Crippen LogP) is 2.33. The summed E-state index contributed by atoms with van der Waals surface area (Å²) in [6.07, 6.45) is -3.24. The molecule has 176 valence electrons. The normalized spacial score (nSPS) is 26.8. The fourth-order valence-corrected chi connectivity index (χ4v) is 9.37. The van der Waals surface area contributed by atoms with E-state index in [1.165, 1.54) is 17.5 Å². The van der Waals surface area contributed by atoms with Gasteiger partial charge in [-0.05, 0) is 15.4 Å². The zero-order chi connectivity index (χ0) is 23.4. The number of methoxy groups -OCH3 is 3. The van der Waals surface area contributed by atoms with Gasteiger partial charge in [-0.1, -0.05) is 81.4 Å². The third-order valence-electron chi connectivity index (χ3n) is 6.31. The summed E-state index contributed by atoms with van der Waals surface area (Å²) in [5.74, 6) is 0. The topological polar surface area (TPSA) is 66.4 Å². The minimum atomic E-state index is -2.74. The van der Waals surface area contributed by atoms with E-state index in [2.05, 4.69) is 69.3 Å². The molecule has 1 N–H and O–H groups in total. The van der Waals surface area contributed by atoms with E-state index >= 15 is 0 Å². The van der Waals surface area contributed by atoms with Crippen molar-refractivity contribution < 1.29 is 28.5 Å². The molecular weight excluding hydrogens is 424 g/mol. The molecule has 1 aliphatic heterocycles. The van der Waals surface area contributed by atoms with Gasteiger partial charge in [-0.15, -0.1) is 0 Å². The molecular formula is C25H36O6Si. The van der Waals surface area contributed by atoms with Crippen LogP contribution in [0.15, 0.2) is 60.7 Å². The number of benzene rings is 2.